The first kappa shape index (κ1) is 13.5. The van der Waals surface area contributed by atoms with Gasteiger partial charge in [0, 0.05) is 32.6 Å². The van der Waals surface area contributed by atoms with Crippen molar-refractivity contribution in [3.8, 4) is 0 Å². The molecule has 0 bridgehead atoms. The van der Waals surface area contributed by atoms with E-state index < -0.39 is 5.60 Å². The third-order valence-electron chi connectivity index (χ3n) is 3.24. The van der Waals surface area contributed by atoms with E-state index in [1.165, 1.54) is 0 Å². The molecule has 1 heterocycles. The standard InChI is InChI=1S/C12H24N2O2/c1-3-12(2,16)10-13-7-6-11(15)14-8-4-5-9-14/h13,16H,3-10H2,1-2H3. The predicted octanol–water partition coefficient (Wildman–Crippen LogP) is 0.749. The van der Waals surface area contributed by atoms with Crippen molar-refractivity contribution in [1.82, 2.24) is 10.2 Å². The highest BCUT2D eigenvalue weighted by atomic mass is 16.3. The zero-order chi connectivity index (χ0) is 12.0. The lowest BCUT2D eigenvalue weighted by Gasteiger charge is -2.22. The fourth-order valence-corrected chi connectivity index (χ4v) is 1.80. The van der Waals surface area contributed by atoms with Crippen molar-refractivity contribution in [1.29, 1.82) is 0 Å². The number of aliphatic hydroxyl groups is 1. The van der Waals surface area contributed by atoms with Gasteiger partial charge in [-0.25, -0.2) is 0 Å². The van der Waals surface area contributed by atoms with Crippen LogP contribution in [0.2, 0.25) is 0 Å². The van der Waals surface area contributed by atoms with Crippen LogP contribution in [0.3, 0.4) is 0 Å². The van der Waals surface area contributed by atoms with Gasteiger partial charge in [0.05, 0.1) is 5.60 Å². The van der Waals surface area contributed by atoms with Crippen molar-refractivity contribution in [2.24, 2.45) is 0 Å². The lowest BCUT2D eigenvalue weighted by atomic mass is 10.0. The first-order valence-corrected chi connectivity index (χ1v) is 6.26. The van der Waals surface area contributed by atoms with Gasteiger partial charge in [-0.05, 0) is 26.2 Å². The van der Waals surface area contributed by atoms with Crippen LogP contribution in [0.1, 0.15) is 39.5 Å². The Labute approximate surface area is 98.0 Å². The molecule has 0 radical (unpaired) electrons. The number of carbonyl (C=O) groups excluding carboxylic acids is 1. The molecule has 1 atom stereocenters. The first-order valence-electron chi connectivity index (χ1n) is 6.26. The van der Waals surface area contributed by atoms with Gasteiger partial charge in [0.25, 0.3) is 0 Å². The van der Waals surface area contributed by atoms with Gasteiger partial charge in [-0.2, -0.15) is 0 Å². The predicted molar refractivity (Wildman–Crippen MR) is 64.2 cm³/mol. The quantitative estimate of drug-likeness (QED) is 0.660. The van der Waals surface area contributed by atoms with Crippen molar-refractivity contribution in [2.45, 2.75) is 45.1 Å². The summed E-state index contributed by atoms with van der Waals surface area (Å²) in [6.07, 6.45) is 3.55. The number of likely N-dealkylation sites (tertiary alicyclic amines) is 1. The molecule has 0 aromatic heterocycles. The van der Waals surface area contributed by atoms with Crippen LogP contribution in [0.4, 0.5) is 0 Å². The maximum absolute atomic E-state index is 11.7. The smallest absolute Gasteiger partial charge is 0.223 e. The van der Waals surface area contributed by atoms with E-state index in [0.29, 0.717) is 19.5 Å². The molecule has 4 heteroatoms. The zero-order valence-corrected chi connectivity index (χ0v) is 10.5. The van der Waals surface area contributed by atoms with E-state index in [4.69, 9.17) is 0 Å². The van der Waals surface area contributed by atoms with Crippen LogP contribution in [0.5, 0.6) is 0 Å². The van der Waals surface area contributed by atoms with Gasteiger partial charge in [-0.3, -0.25) is 4.79 Å². The highest BCUT2D eigenvalue weighted by Gasteiger charge is 2.19. The molecule has 1 amide bonds. The average molecular weight is 228 g/mol. The van der Waals surface area contributed by atoms with Crippen LogP contribution in [0.15, 0.2) is 0 Å². The molecule has 0 aliphatic carbocycles. The second-order valence-electron chi connectivity index (χ2n) is 4.87. The third kappa shape index (κ3) is 4.49. The minimum absolute atomic E-state index is 0.237. The van der Waals surface area contributed by atoms with Crippen LogP contribution in [-0.4, -0.2) is 47.7 Å². The zero-order valence-electron chi connectivity index (χ0n) is 10.5. The van der Waals surface area contributed by atoms with Gasteiger partial charge in [0.15, 0.2) is 0 Å². The van der Waals surface area contributed by atoms with E-state index in [1.54, 1.807) is 0 Å². The Morgan fingerprint density at radius 2 is 2.06 bits per heavy atom. The van der Waals surface area contributed by atoms with Crippen LogP contribution in [-0.2, 0) is 4.79 Å². The van der Waals surface area contributed by atoms with Crippen LogP contribution >= 0.6 is 0 Å². The Bertz CT molecular complexity index is 223. The van der Waals surface area contributed by atoms with Crippen molar-refractivity contribution in [3.63, 3.8) is 0 Å². The topological polar surface area (TPSA) is 52.6 Å². The van der Waals surface area contributed by atoms with E-state index in [2.05, 4.69) is 5.32 Å². The monoisotopic (exact) mass is 228 g/mol. The molecule has 16 heavy (non-hydrogen) atoms. The molecule has 0 saturated carbocycles. The third-order valence-corrected chi connectivity index (χ3v) is 3.24. The molecule has 0 aromatic carbocycles. The number of carbonyl (C=O) groups is 1. The summed E-state index contributed by atoms with van der Waals surface area (Å²) in [4.78, 5) is 13.6. The molecule has 1 unspecified atom stereocenters. The summed E-state index contributed by atoms with van der Waals surface area (Å²) in [6, 6.07) is 0. The average Bonchev–Trinajstić information content (AvgIpc) is 2.77. The molecular formula is C12H24N2O2. The second kappa shape index (κ2) is 6.21. The highest BCUT2D eigenvalue weighted by molar-refractivity contribution is 5.76. The molecule has 4 nitrogen and oxygen atoms in total. The molecule has 94 valence electrons. The first-order chi connectivity index (χ1) is 7.55. The molecule has 2 N–H and O–H groups in total. The van der Waals surface area contributed by atoms with Gasteiger partial charge in [0.1, 0.15) is 0 Å². The summed E-state index contributed by atoms with van der Waals surface area (Å²) >= 11 is 0. The van der Waals surface area contributed by atoms with Gasteiger partial charge < -0.3 is 15.3 Å². The van der Waals surface area contributed by atoms with E-state index >= 15 is 0 Å². The Kier molecular flexibility index (Phi) is 5.22. The Morgan fingerprint density at radius 3 is 2.62 bits per heavy atom. The van der Waals surface area contributed by atoms with E-state index in [9.17, 15) is 9.90 Å². The molecule has 1 aliphatic heterocycles. The summed E-state index contributed by atoms with van der Waals surface area (Å²) in [6.45, 7) is 6.82. The molecular weight excluding hydrogens is 204 g/mol. The minimum atomic E-state index is -0.656. The fraction of sp³-hybridized carbons (Fsp3) is 0.917. The number of hydrogen-bond acceptors (Lipinski definition) is 3. The van der Waals surface area contributed by atoms with Crippen LogP contribution in [0.25, 0.3) is 0 Å². The Hall–Kier alpha value is -0.610. The largest absolute Gasteiger partial charge is 0.389 e. The van der Waals surface area contributed by atoms with Crippen LogP contribution in [0, 0.1) is 0 Å². The van der Waals surface area contributed by atoms with Gasteiger partial charge in [0.2, 0.25) is 5.91 Å². The summed E-state index contributed by atoms with van der Waals surface area (Å²) < 4.78 is 0. The van der Waals surface area contributed by atoms with Gasteiger partial charge in [-0.15, -0.1) is 0 Å². The van der Waals surface area contributed by atoms with E-state index in [-0.39, 0.29) is 5.91 Å². The van der Waals surface area contributed by atoms with Crippen LogP contribution < -0.4 is 5.32 Å². The number of nitrogens with zero attached hydrogens (tertiary/aromatic N) is 1. The molecule has 1 aliphatic rings. The Morgan fingerprint density at radius 1 is 1.44 bits per heavy atom. The fourth-order valence-electron chi connectivity index (χ4n) is 1.80. The summed E-state index contributed by atoms with van der Waals surface area (Å²) in [5.74, 6) is 0.237. The number of rotatable bonds is 6. The van der Waals surface area contributed by atoms with Crippen molar-refractivity contribution >= 4 is 5.91 Å². The van der Waals surface area contributed by atoms with Crippen molar-refractivity contribution < 1.29 is 9.90 Å². The maximum Gasteiger partial charge on any atom is 0.223 e. The van der Waals surface area contributed by atoms with E-state index in [1.807, 2.05) is 18.7 Å². The van der Waals surface area contributed by atoms with Crippen molar-refractivity contribution in [3.05, 3.63) is 0 Å². The number of nitrogens with one attached hydrogen (secondary N) is 1. The van der Waals surface area contributed by atoms with Crippen molar-refractivity contribution in [2.75, 3.05) is 26.2 Å². The SMILES string of the molecule is CCC(C)(O)CNCCC(=O)N1CCCC1. The van der Waals surface area contributed by atoms with Gasteiger partial charge in [-0.1, -0.05) is 6.92 Å². The minimum Gasteiger partial charge on any atom is -0.389 e. The summed E-state index contributed by atoms with van der Waals surface area (Å²) in [5.41, 5.74) is -0.656. The van der Waals surface area contributed by atoms with Gasteiger partial charge >= 0.3 is 0 Å². The maximum atomic E-state index is 11.7. The lowest BCUT2D eigenvalue weighted by Crippen LogP contribution is -2.39. The molecule has 1 rings (SSSR count). The van der Waals surface area contributed by atoms with E-state index in [0.717, 1.165) is 32.4 Å². The molecule has 0 aromatic rings. The molecule has 1 fully saturated rings. The number of amides is 1. The molecule has 0 spiro atoms. The second-order valence-corrected chi connectivity index (χ2v) is 4.87. The summed E-state index contributed by atoms with van der Waals surface area (Å²) in [5, 5.41) is 12.9. The highest BCUT2D eigenvalue weighted by Crippen LogP contribution is 2.09. The summed E-state index contributed by atoms with van der Waals surface area (Å²) in [7, 11) is 0. The normalized spacial score (nSPS) is 19.8. The number of hydrogen-bond donors (Lipinski definition) is 2. The Balaban J connectivity index is 2.08. The molecule has 1 saturated heterocycles. The lowest BCUT2D eigenvalue weighted by molar-refractivity contribution is -0.130.